The van der Waals surface area contributed by atoms with E-state index in [0.717, 1.165) is 29.7 Å². The zero-order valence-electron chi connectivity index (χ0n) is 12.3. The van der Waals surface area contributed by atoms with Crippen LogP contribution < -0.4 is 5.32 Å². The lowest BCUT2D eigenvalue weighted by Crippen LogP contribution is -2.25. The molecule has 1 N–H and O–H groups in total. The summed E-state index contributed by atoms with van der Waals surface area (Å²) in [7, 11) is 0. The fourth-order valence-electron chi connectivity index (χ4n) is 2.15. The van der Waals surface area contributed by atoms with Crippen LogP contribution in [0.3, 0.4) is 0 Å². The van der Waals surface area contributed by atoms with Crippen LogP contribution in [-0.4, -0.2) is 22.0 Å². The van der Waals surface area contributed by atoms with Crippen molar-refractivity contribution in [1.29, 1.82) is 0 Å². The number of nitrogens with one attached hydrogen (secondary N) is 1. The summed E-state index contributed by atoms with van der Waals surface area (Å²) in [6.07, 6.45) is 6.37. The molecule has 2 aromatic rings. The van der Waals surface area contributed by atoms with E-state index in [-0.39, 0.29) is 5.91 Å². The van der Waals surface area contributed by atoms with Gasteiger partial charge in [-0.05, 0) is 56.0 Å². The number of rotatable bonds is 5. The largest absolute Gasteiger partial charge is 0.352 e. The molecular formula is C16H21N3O. The van der Waals surface area contributed by atoms with Gasteiger partial charge in [-0.1, -0.05) is 0 Å². The van der Waals surface area contributed by atoms with E-state index in [0.29, 0.717) is 6.54 Å². The number of nitrogens with zero attached hydrogens (tertiary/aromatic N) is 2. The Morgan fingerprint density at radius 2 is 1.95 bits per heavy atom. The molecule has 0 aliphatic heterocycles. The number of carbonyl (C=O) groups is 1. The molecule has 4 heteroatoms. The van der Waals surface area contributed by atoms with Gasteiger partial charge in [-0.25, -0.2) is 4.98 Å². The number of imidazole rings is 1. The molecule has 2 rings (SSSR count). The molecule has 0 aliphatic carbocycles. The Balaban J connectivity index is 1.86. The van der Waals surface area contributed by atoms with E-state index in [1.54, 1.807) is 12.5 Å². The molecular weight excluding hydrogens is 250 g/mol. The zero-order chi connectivity index (χ0) is 14.5. The fraction of sp³-hybridized carbons (Fsp3) is 0.375. The second-order valence-electron chi connectivity index (χ2n) is 5.15. The topological polar surface area (TPSA) is 46.9 Å². The highest BCUT2D eigenvalue weighted by atomic mass is 16.1. The SMILES string of the molecule is Cc1cc(C(=O)NCCCn2ccnc2)cc(C)c1C. The van der Waals surface area contributed by atoms with Crippen LogP contribution in [-0.2, 0) is 6.54 Å². The lowest BCUT2D eigenvalue weighted by molar-refractivity contribution is 0.0952. The molecule has 0 unspecified atom stereocenters. The van der Waals surface area contributed by atoms with Crippen molar-refractivity contribution in [2.75, 3.05) is 6.54 Å². The molecule has 1 aromatic heterocycles. The highest BCUT2D eigenvalue weighted by Crippen LogP contribution is 2.15. The maximum atomic E-state index is 12.1. The zero-order valence-corrected chi connectivity index (χ0v) is 12.3. The Labute approximate surface area is 119 Å². The molecule has 0 aliphatic rings. The first-order chi connectivity index (χ1) is 9.58. The normalized spacial score (nSPS) is 10.6. The van der Waals surface area contributed by atoms with Gasteiger partial charge in [0.05, 0.1) is 6.33 Å². The molecule has 0 spiro atoms. The highest BCUT2D eigenvalue weighted by Gasteiger charge is 2.08. The molecule has 0 radical (unpaired) electrons. The van der Waals surface area contributed by atoms with Crippen molar-refractivity contribution in [3.63, 3.8) is 0 Å². The summed E-state index contributed by atoms with van der Waals surface area (Å²) in [4.78, 5) is 16.1. The molecule has 4 nitrogen and oxygen atoms in total. The average Bonchev–Trinajstić information content (AvgIpc) is 2.93. The number of hydrogen-bond acceptors (Lipinski definition) is 2. The van der Waals surface area contributed by atoms with Crippen molar-refractivity contribution in [3.05, 3.63) is 53.1 Å². The fourth-order valence-corrected chi connectivity index (χ4v) is 2.15. The summed E-state index contributed by atoms with van der Waals surface area (Å²) in [6.45, 7) is 7.70. The third-order valence-corrected chi connectivity index (χ3v) is 3.63. The van der Waals surface area contributed by atoms with Crippen LogP contribution in [0, 0.1) is 20.8 Å². The van der Waals surface area contributed by atoms with Crippen molar-refractivity contribution in [3.8, 4) is 0 Å². The first-order valence-corrected chi connectivity index (χ1v) is 6.89. The Morgan fingerprint density at radius 1 is 1.25 bits per heavy atom. The quantitative estimate of drug-likeness (QED) is 0.850. The van der Waals surface area contributed by atoms with Crippen molar-refractivity contribution < 1.29 is 4.79 Å². The van der Waals surface area contributed by atoms with Crippen molar-refractivity contribution >= 4 is 5.91 Å². The predicted molar refractivity (Wildman–Crippen MR) is 79.8 cm³/mol. The Hall–Kier alpha value is -2.10. The van der Waals surface area contributed by atoms with Crippen LogP contribution in [0.1, 0.15) is 33.5 Å². The van der Waals surface area contributed by atoms with Crippen molar-refractivity contribution in [2.24, 2.45) is 0 Å². The van der Waals surface area contributed by atoms with Crippen LogP contribution in [0.25, 0.3) is 0 Å². The highest BCUT2D eigenvalue weighted by molar-refractivity contribution is 5.94. The van der Waals surface area contributed by atoms with Gasteiger partial charge in [-0.15, -0.1) is 0 Å². The van der Waals surface area contributed by atoms with Crippen LogP contribution in [0.15, 0.2) is 30.9 Å². The predicted octanol–water partition coefficient (Wildman–Crippen LogP) is 2.63. The van der Waals surface area contributed by atoms with E-state index in [9.17, 15) is 4.79 Å². The van der Waals surface area contributed by atoms with Gasteiger partial charge in [0.15, 0.2) is 0 Å². The average molecular weight is 271 g/mol. The molecule has 0 fully saturated rings. The van der Waals surface area contributed by atoms with Crippen molar-refractivity contribution in [2.45, 2.75) is 33.7 Å². The first-order valence-electron chi connectivity index (χ1n) is 6.89. The van der Waals surface area contributed by atoms with Crippen LogP contribution >= 0.6 is 0 Å². The van der Waals surface area contributed by atoms with Crippen molar-refractivity contribution in [1.82, 2.24) is 14.9 Å². The number of benzene rings is 1. The molecule has 0 atom stereocenters. The van der Waals surface area contributed by atoms with Crippen LogP contribution in [0.5, 0.6) is 0 Å². The van der Waals surface area contributed by atoms with E-state index >= 15 is 0 Å². The van der Waals surface area contributed by atoms with E-state index in [1.807, 2.05) is 36.7 Å². The van der Waals surface area contributed by atoms with Gasteiger partial charge >= 0.3 is 0 Å². The molecule has 106 valence electrons. The summed E-state index contributed by atoms with van der Waals surface area (Å²) in [6, 6.07) is 3.90. The summed E-state index contributed by atoms with van der Waals surface area (Å²) >= 11 is 0. The number of aromatic nitrogens is 2. The van der Waals surface area contributed by atoms with E-state index in [2.05, 4.69) is 17.2 Å². The van der Waals surface area contributed by atoms with Gasteiger partial charge in [0.1, 0.15) is 0 Å². The molecule has 0 saturated heterocycles. The lowest BCUT2D eigenvalue weighted by atomic mass is 10.0. The lowest BCUT2D eigenvalue weighted by Gasteiger charge is -2.10. The molecule has 0 bridgehead atoms. The summed E-state index contributed by atoms with van der Waals surface area (Å²) in [5, 5.41) is 2.96. The van der Waals surface area contributed by atoms with E-state index in [4.69, 9.17) is 0 Å². The third-order valence-electron chi connectivity index (χ3n) is 3.63. The molecule has 20 heavy (non-hydrogen) atoms. The minimum absolute atomic E-state index is 0.00170. The maximum Gasteiger partial charge on any atom is 0.251 e. The molecule has 1 aromatic carbocycles. The Bertz CT molecular complexity index is 565. The van der Waals surface area contributed by atoms with Gasteiger partial charge in [-0.3, -0.25) is 4.79 Å². The van der Waals surface area contributed by atoms with Crippen LogP contribution in [0.4, 0.5) is 0 Å². The van der Waals surface area contributed by atoms with Crippen LogP contribution in [0.2, 0.25) is 0 Å². The number of hydrogen-bond donors (Lipinski definition) is 1. The minimum atomic E-state index is 0.00170. The molecule has 1 amide bonds. The van der Waals surface area contributed by atoms with Gasteiger partial charge < -0.3 is 9.88 Å². The standard InChI is InChI=1S/C16H21N3O/c1-12-9-15(10-13(2)14(12)3)16(20)18-5-4-7-19-8-6-17-11-19/h6,8-11H,4-5,7H2,1-3H3,(H,18,20). The van der Waals surface area contributed by atoms with Gasteiger partial charge in [0.2, 0.25) is 0 Å². The summed E-state index contributed by atoms with van der Waals surface area (Å²) < 4.78 is 2.01. The van der Waals surface area contributed by atoms with Gasteiger partial charge in [0.25, 0.3) is 5.91 Å². The summed E-state index contributed by atoms with van der Waals surface area (Å²) in [5.41, 5.74) is 4.32. The minimum Gasteiger partial charge on any atom is -0.352 e. The van der Waals surface area contributed by atoms with E-state index in [1.165, 1.54) is 5.56 Å². The smallest absolute Gasteiger partial charge is 0.251 e. The number of aryl methyl sites for hydroxylation is 3. The number of carbonyl (C=O) groups excluding carboxylic acids is 1. The second-order valence-corrected chi connectivity index (χ2v) is 5.15. The monoisotopic (exact) mass is 271 g/mol. The van der Waals surface area contributed by atoms with Gasteiger partial charge in [-0.2, -0.15) is 0 Å². The summed E-state index contributed by atoms with van der Waals surface area (Å²) in [5.74, 6) is 0.00170. The molecule has 0 saturated carbocycles. The Kier molecular flexibility index (Phi) is 4.56. The maximum absolute atomic E-state index is 12.1. The number of amides is 1. The second kappa shape index (κ2) is 6.37. The first kappa shape index (κ1) is 14.3. The Morgan fingerprint density at radius 3 is 2.55 bits per heavy atom. The van der Waals surface area contributed by atoms with Gasteiger partial charge in [0, 0.05) is 31.0 Å². The third kappa shape index (κ3) is 3.47. The van der Waals surface area contributed by atoms with E-state index < -0.39 is 0 Å². The molecule has 1 heterocycles.